The van der Waals surface area contributed by atoms with E-state index >= 15 is 0 Å². The molecule has 0 amide bonds. The van der Waals surface area contributed by atoms with Gasteiger partial charge in [0.05, 0.1) is 0 Å². The van der Waals surface area contributed by atoms with Crippen LogP contribution >= 0.6 is 0 Å². The summed E-state index contributed by atoms with van der Waals surface area (Å²) in [5.41, 5.74) is 6.38. The van der Waals surface area contributed by atoms with Gasteiger partial charge in [-0.05, 0) is 50.0 Å². The summed E-state index contributed by atoms with van der Waals surface area (Å²) in [7, 11) is 0. The molecule has 0 aliphatic heterocycles. The Bertz CT molecular complexity index is 445. The van der Waals surface area contributed by atoms with E-state index in [1.165, 1.54) is 27.8 Å². The fourth-order valence-corrected chi connectivity index (χ4v) is 1.74. The largest absolute Gasteiger partial charge is 0.0988 e. The molecule has 0 aliphatic rings. The maximum atomic E-state index is 3.85. The first kappa shape index (κ1) is 12.5. The fourth-order valence-electron chi connectivity index (χ4n) is 1.74. The molecule has 0 radical (unpaired) electrons. The van der Waals surface area contributed by atoms with E-state index in [0.29, 0.717) is 0 Å². The molecule has 0 heteroatoms. The minimum Gasteiger partial charge on any atom is -0.0988 e. The van der Waals surface area contributed by atoms with Gasteiger partial charge in [-0.3, -0.25) is 0 Å². The van der Waals surface area contributed by atoms with E-state index in [-0.39, 0.29) is 0 Å². The van der Waals surface area contributed by atoms with Gasteiger partial charge in [0, 0.05) is 0 Å². The molecule has 0 bridgehead atoms. The van der Waals surface area contributed by atoms with Crippen LogP contribution in [0.4, 0.5) is 0 Å². The first-order chi connectivity index (χ1) is 7.60. The van der Waals surface area contributed by atoms with E-state index in [9.17, 15) is 0 Å². The molecule has 0 spiro atoms. The Morgan fingerprint density at radius 2 is 1.94 bits per heavy atom. The van der Waals surface area contributed by atoms with Crippen LogP contribution in [0.1, 0.15) is 30.5 Å². The monoisotopic (exact) mass is 212 g/mol. The van der Waals surface area contributed by atoms with Gasteiger partial charge >= 0.3 is 0 Å². The highest BCUT2D eigenvalue weighted by molar-refractivity contribution is 5.79. The number of hydrogen-bond acceptors (Lipinski definition) is 0. The summed E-state index contributed by atoms with van der Waals surface area (Å²) in [5.74, 6) is 0. The molecule has 0 fully saturated rings. The zero-order chi connectivity index (χ0) is 12.1. The SMILES string of the molecule is C=CC(C)=C(C=CC)c1cc(C)ccc1C. The molecule has 1 rings (SSSR count). The molecule has 0 unspecified atom stereocenters. The summed E-state index contributed by atoms with van der Waals surface area (Å²) >= 11 is 0. The Hall–Kier alpha value is -1.56. The van der Waals surface area contributed by atoms with Crippen LogP contribution in [-0.2, 0) is 0 Å². The maximum Gasteiger partial charge on any atom is -0.0150 e. The summed E-state index contributed by atoms with van der Waals surface area (Å²) in [6.07, 6.45) is 6.14. The Morgan fingerprint density at radius 3 is 2.50 bits per heavy atom. The van der Waals surface area contributed by atoms with Crippen molar-refractivity contribution in [2.75, 3.05) is 0 Å². The lowest BCUT2D eigenvalue weighted by molar-refractivity contribution is 1.35. The molecular formula is C16H20. The van der Waals surface area contributed by atoms with Crippen LogP contribution in [0.3, 0.4) is 0 Å². The minimum atomic E-state index is 1.21. The van der Waals surface area contributed by atoms with Gasteiger partial charge in [0.15, 0.2) is 0 Å². The normalized spacial score (nSPS) is 12.8. The van der Waals surface area contributed by atoms with E-state index < -0.39 is 0 Å². The summed E-state index contributed by atoms with van der Waals surface area (Å²) in [6.45, 7) is 12.3. The molecule has 0 saturated carbocycles. The van der Waals surface area contributed by atoms with Crippen LogP contribution in [0.5, 0.6) is 0 Å². The second-order valence-electron chi connectivity index (χ2n) is 4.12. The molecule has 0 nitrogen and oxygen atoms in total. The minimum absolute atomic E-state index is 1.21. The van der Waals surface area contributed by atoms with Crippen molar-refractivity contribution in [3.8, 4) is 0 Å². The van der Waals surface area contributed by atoms with E-state index in [2.05, 4.69) is 57.7 Å². The standard InChI is InChI=1S/C16H20/c1-6-8-15(13(4)7-2)16-11-12(3)9-10-14(16)5/h6-11H,2H2,1,3-5H3. The third-order valence-corrected chi connectivity index (χ3v) is 2.75. The van der Waals surface area contributed by atoms with Crippen LogP contribution < -0.4 is 0 Å². The highest BCUT2D eigenvalue weighted by atomic mass is 14.1. The zero-order valence-electron chi connectivity index (χ0n) is 10.7. The van der Waals surface area contributed by atoms with Crippen molar-refractivity contribution >= 4 is 5.57 Å². The maximum absolute atomic E-state index is 3.85. The van der Waals surface area contributed by atoms with E-state index in [0.717, 1.165) is 0 Å². The lowest BCUT2D eigenvalue weighted by Gasteiger charge is -2.10. The lowest BCUT2D eigenvalue weighted by Crippen LogP contribution is -1.90. The Labute approximate surface area is 99.0 Å². The molecule has 0 saturated heterocycles. The lowest BCUT2D eigenvalue weighted by atomic mass is 9.94. The van der Waals surface area contributed by atoms with Gasteiger partial charge in [-0.2, -0.15) is 0 Å². The second-order valence-corrected chi connectivity index (χ2v) is 4.12. The van der Waals surface area contributed by atoms with Crippen LogP contribution in [0.25, 0.3) is 5.57 Å². The van der Waals surface area contributed by atoms with Crippen LogP contribution in [0.15, 0.2) is 48.6 Å². The van der Waals surface area contributed by atoms with Crippen molar-refractivity contribution in [1.82, 2.24) is 0 Å². The van der Waals surface area contributed by atoms with Crippen molar-refractivity contribution in [1.29, 1.82) is 0 Å². The van der Waals surface area contributed by atoms with Crippen molar-refractivity contribution in [3.05, 3.63) is 65.3 Å². The smallest absolute Gasteiger partial charge is 0.0150 e. The second kappa shape index (κ2) is 5.50. The molecule has 84 valence electrons. The van der Waals surface area contributed by atoms with Crippen molar-refractivity contribution in [2.45, 2.75) is 27.7 Å². The number of allylic oxidation sites excluding steroid dienone is 5. The summed E-state index contributed by atoms with van der Waals surface area (Å²) in [5, 5.41) is 0. The summed E-state index contributed by atoms with van der Waals surface area (Å²) < 4.78 is 0. The van der Waals surface area contributed by atoms with Crippen LogP contribution in [0.2, 0.25) is 0 Å². The van der Waals surface area contributed by atoms with E-state index in [1.807, 2.05) is 13.0 Å². The quantitative estimate of drug-likeness (QED) is 0.629. The molecular weight excluding hydrogens is 192 g/mol. The third-order valence-electron chi connectivity index (χ3n) is 2.75. The van der Waals surface area contributed by atoms with Gasteiger partial charge in [-0.1, -0.05) is 48.6 Å². The topological polar surface area (TPSA) is 0 Å². The predicted octanol–water partition coefficient (Wildman–Crippen LogP) is 4.84. The molecule has 16 heavy (non-hydrogen) atoms. The van der Waals surface area contributed by atoms with Gasteiger partial charge in [0.25, 0.3) is 0 Å². The van der Waals surface area contributed by atoms with E-state index in [1.54, 1.807) is 0 Å². The Balaban J connectivity index is 3.43. The summed E-state index contributed by atoms with van der Waals surface area (Å²) in [6, 6.07) is 6.55. The first-order valence-corrected chi connectivity index (χ1v) is 5.63. The van der Waals surface area contributed by atoms with Gasteiger partial charge < -0.3 is 0 Å². The number of benzene rings is 1. The van der Waals surface area contributed by atoms with Crippen molar-refractivity contribution < 1.29 is 0 Å². The highest BCUT2D eigenvalue weighted by Crippen LogP contribution is 2.25. The van der Waals surface area contributed by atoms with Gasteiger partial charge in [0.1, 0.15) is 0 Å². The molecule has 0 N–H and O–H groups in total. The van der Waals surface area contributed by atoms with Gasteiger partial charge in [-0.25, -0.2) is 0 Å². The van der Waals surface area contributed by atoms with Crippen LogP contribution in [-0.4, -0.2) is 0 Å². The number of hydrogen-bond donors (Lipinski definition) is 0. The highest BCUT2D eigenvalue weighted by Gasteiger charge is 2.04. The zero-order valence-corrected chi connectivity index (χ0v) is 10.7. The number of rotatable bonds is 3. The third kappa shape index (κ3) is 2.73. The van der Waals surface area contributed by atoms with Gasteiger partial charge in [-0.15, -0.1) is 0 Å². The van der Waals surface area contributed by atoms with E-state index in [4.69, 9.17) is 0 Å². The molecule has 0 aromatic heterocycles. The average molecular weight is 212 g/mol. The van der Waals surface area contributed by atoms with Crippen molar-refractivity contribution in [3.63, 3.8) is 0 Å². The average Bonchev–Trinajstić information content (AvgIpc) is 2.28. The molecule has 0 atom stereocenters. The molecule has 0 heterocycles. The fraction of sp³-hybridized carbons (Fsp3) is 0.250. The number of aryl methyl sites for hydroxylation is 2. The Kier molecular flexibility index (Phi) is 4.30. The molecule has 1 aromatic carbocycles. The molecule has 0 aliphatic carbocycles. The first-order valence-electron chi connectivity index (χ1n) is 5.63. The predicted molar refractivity (Wildman–Crippen MR) is 73.5 cm³/mol. The van der Waals surface area contributed by atoms with Crippen molar-refractivity contribution in [2.24, 2.45) is 0 Å². The molecule has 1 aromatic rings. The summed E-state index contributed by atoms with van der Waals surface area (Å²) in [4.78, 5) is 0. The Morgan fingerprint density at radius 1 is 1.25 bits per heavy atom. The van der Waals surface area contributed by atoms with Crippen LogP contribution in [0, 0.1) is 13.8 Å². The van der Waals surface area contributed by atoms with Gasteiger partial charge in [0.2, 0.25) is 0 Å².